The largest absolute Gasteiger partial charge is 0.435 e. The van der Waals surface area contributed by atoms with Gasteiger partial charge in [-0.25, -0.2) is 4.99 Å². The van der Waals surface area contributed by atoms with Crippen LogP contribution in [0.3, 0.4) is 0 Å². The molecule has 0 fully saturated rings. The van der Waals surface area contributed by atoms with E-state index in [9.17, 15) is 8.78 Å². The number of guanidine groups is 1. The summed E-state index contributed by atoms with van der Waals surface area (Å²) in [6, 6.07) is 6.39. The standard InChI is InChI=1S/C13H19F2N3O/c1-13(2,3)18-12(16)17-8-9-5-4-6-10(7-9)19-11(14)15/h4-7,11H,8H2,1-3H3,(H3,16,17,18). The number of aliphatic imine (C=N–C) groups is 1. The summed E-state index contributed by atoms with van der Waals surface area (Å²) in [7, 11) is 0. The number of benzene rings is 1. The third kappa shape index (κ3) is 6.59. The molecule has 0 amide bonds. The topological polar surface area (TPSA) is 59.6 Å². The van der Waals surface area contributed by atoms with E-state index in [0.717, 1.165) is 5.56 Å². The van der Waals surface area contributed by atoms with E-state index < -0.39 is 6.61 Å². The summed E-state index contributed by atoms with van der Waals surface area (Å²) in [6.45, 7) is 3.37. The fourth-order valence-electron chi connectivity index (χ4n) is 1.42. The number of ether oxygens (including phenoxy) is 1. The number of rotatable bonds is 4. The predicted octanol–water partition coefficient (Wildman–Crippen LogP) is 2.49. The second-order valence-corrected chi connectivity index (χ2v) is 5.10. The van der Waals surface area contributed by atoms with Crippen LogP contribution in [0.15, 0.2) is 29.3 Å². The van der Waals surface area contributed by atoms with Gasteiger partial charge in [0, 0.05) is 5.54 Å². The predicted molar refractivity (Wildman–Crippen MR) is 71.3 cm³/mol. The molecule has 0 aliphatic heterocycles. The van der Waals surface area contributed by atoms with Gasteiger partial charge in [-0.3, -0.25) is 0 Å². The molecule has 0 aliphatic rings. The molecule has 0 bridgehead atoms. The molecule has 4 nitrogen and oxygen atoms in total. The van der Waals surface area contributed by atoms with Gasteiger partial charge in [0.1, 0.15) is 5.75 Å². The lowest BCUT2D eigenvalue weighted by molar-refractivity contribution is -0.0498. The summed E-state index contributed by atoms with van der Waals surface area (Å²) in [4.78, 5) is 4.14. The molecular weight excluding hydrogens is 252 g/mol. The van der Waals surface area contributed by atoms with E-state index in [4.69, 9.17) is 5.73 Å². The molecule has 19 heavy (non-hydrogen) atoms. The highest BCUT2D eigenvalue weighted by atomic mass is 19.3. The molecule has 1 aromatic rings. The molecule has 6 heteroatoms. The molecule has 0 radical (unpaired) electrons. The molecular formula is C13H19F2N3O. The highest BCUT2D eigenvalue weighted by molar-refractivity contribution is 5.78. The highest BCUT2D eigenvalue weighted by Gasteiger charge is 2.09. The number of halogens is 2. The van der Waals surface area contributed by atoms with Gasteiger partial charge in [-0.15, -0.1) is 0 Å². The van der Waals surface area contributed by atoms with Crippen LogP contribution in [0, 0.1) is 0 Å². The maximum Gasteiger partial charge on any atom is 0.387 e. The quantitative estimate of drug-likeness (QED) is 0.653. The number of hydrogen-bond acceptors (Lipinski definition) is 2. The lowest BCUT2D eigenvalue weighted by Crippen LogP contribution is -2.44. The average molecular weight is 271 g/mol. The third-order valence-electron chi connectivity index (χ3n) is 2.06. The Morgan fingerprint density at radius 2 is 2.11 bits per heavy atom. The van der Waals surface area contributed by atoms with E-state index in [2.05, 4.69) is 15.0 Å². The Hall–Kier alpha value is -1.85. The Morgan fingerprint density at radius 1 is 1.42 bits per heavy atom. The summed E-state index contributed by atoms with van der Waals surface area (Å²) in [5.41, 5.74) is 6.29. The molecule has 0 aliphatic carbocycles. The Kier molecular flexibility index (Phi) is 5.09. The van der Waals surface area contributed by atoms with Crippen molar-refractivity contribution in [1.82, 2.24) is 5.32 Å². The molecule has 1 aromatic carbocycles. The molecule has 0 aromatic heterocycles. The Bertz CT molecular complexity index is 442. The zero-order valence-electron chi connectivity index (χ0n) is 11.3. The summed E-state index contributed by atoms with van der Waals surface area (Å²) >= 11 is 0. The van der Waals surface area contributed by atoms with Crippen LogP contribution >= 0.6 is 0 Å². The molecule has 0 spiro atoms. The first-order valence-corrected chi connectivity index (χ1v) is 5.88. The van der Waals surface area contributed by atoms with E-state index >= 15 is 0 Å². The number of hydrogen-bond donors (Lipinski definition) is 2. The molecule has 3 N–H and O–H groups in total. The van der Waals surface area contributed by atoms with Gasteiger partial charge in [0.15, 0.2) is 5.96 Å². The maximum atomic E-state index is 12.1. The van der Waals surface area contributed by atoms with Gasteiger partial charge in [-0.05, 0) is 38.5 Å². The van der Waals surface area contributed by atoms with E-state index in [0.29, 0.717) is 12.5 Å². The molecule has 0 atom stereocenters. The van der Waals surface area contributed by atoms with Crippen molar-refractivity contribution >= 4 is 5.96 Å². The van der Waals surface area contributed by atoms with Crippen molar-refractivity contribution in [3.05, 3.63) is 29.8 Å². The molecule has 1 rings (SSSR count). The van der Waals surface area contributed by atoms with Gasteiger partial charge < -0.3 is 15.8 Å². The van der Waals surface area contributed by atoms with Crippen LogP contribution in [0.5, 0.6) is 5.75 Å². The van der Waals surface area contributed by atoms with Crippen molar-refractivity contribution in [3.8, 4) is 5.75 Å². The van der Waals surface area contributed by atoms with Crippen molar-refractivity contribution in [2.75, 3.05) is 0 Å². The van der Waals surface area contributed by atoms with Crippen LogP contribution in [0.2, 0.25) is 0 Å². The lowest BCUT2D eigenvalue weighted by Gasteiger charge is -2.21. The molecule has 0 saturated carbocycles. The molecule has 0 heterocycles. The van der Waals surface area contributed by atoms with Crippen LogP contribution in [0.4, 0.5) is 8.78 Å². The second-order valence-electron chi connectivity index (χ2n) is 5.10. The van der Waals surface area contributed by atoms with Crippen LogP contribution < -0.4 is 15.8 Å². The lowest BCUT2D eigenvalue weighted by atomic mass is 10.1. The van der Waals surface area contributed by atoms with E-state index in [1.807, 2.05) is 20.8 Å². The van der Waals surface area contributed by atoms with Crippen molar-refractivity contribution in [2.45, 2.75) is 39.5 Å². The number of alkyl halides is 2. The first-order chi connectivity index (χ1) is 8.76. The second kappa shape index (κ2) is 6.36. The van der Waals surface area contributed by atoms with Gasteiger partial charge in [0.05, 0.1) is 6.54 Å². The number of nitrogens with two attached hydrogens (primary N) is 1. The number of nitrogens with one attached hydrogen (secondary N) is 1. The fourth-order valence-corrected chi connectivity index (χ4v) is 1.42. The van der Waals surface area contributed by atoms with Crippen LogP contribution in [-0.4, -0.2) is 18.1 Å². The van der Waals surface area contributed by atoms with Crippen molar-refractivity contribution in [3.63, 3.8) is 0 Å². The third-order valence-corrected chi connectivity index (χ3v) is 2.06. The normalized spacial score (nSPS) is 12.6. The van der Waals surface area contributed by atoms with E-state index in [1.54, 1.807) is 12.1 Å². The Balaban J connectivity index is 2.64. The minimum atomic E-state index is -2.83. The van der Waals surface area contributed by atoms with Gasteiger partial charge in [0.2, 0.25) is 0 Å². The van der Waals surface area contributed by atoms with Gasteiger partial charge in [-0.1, -0.05) is 12.1 Å². The van der Waals surface area contributed by atoms with Gasteiger partial charge in [0.25, 0.3) is 0 Å². The zero-order chi connectivity index (χ0) is 14.5. The van der Waals surface area contributed by atoms with Crippen molar-refractivity contribution in [1.29, 1.82) is 0 Å². The summed E-state index contributed by atoms with van der Waals surface area (Å²) in [6.07, 6.45) is 0. The summed E-state index contributed by atoms with van der Waals surface area (Å²) in [5.74, 6) is 0.428. The van der Waals surface area contributed by atoms with Crippen LogP contribution in [-0.2, 0) is 6.54 Å². The van der Waals surface area contributed by atoms with Crippen molar-refractivity contribution in [2.24, 2.45) is 10.7 Å². The summed E-state index contributed by atoms with van der Waals surface area (Å²) in [5, 5.41) is 3.01. The number of nitrogens with zero attached hydrogens (tertiary/aromatic N) is 1. The minimum absolute atomic E-state index is 0.116. The summed E-state index contributed by atoms with van der Waals surface area (Å²) < 4.78 is 28.5. The molecule has 0 unspecified atom stereocenters. The van der Waals surface area contributed by atoms with E-state index in [-0.39, 0.29) is 11.3 Å². The maximum absolute atomic E-state index is 12.1. The van der Waals surface area contributed by atoms with E-state index in [1.165, 1.54) is 12.1 Å². The highest BCUT2D eigenvalue weighted by Crippen LogP contribution is 2.16. The SMILES string of the molecule is CC(C)(C)NC(N)=NCc1cccc(OC(F)F)c1. The Morgan fingerprint density at radius 3 is 2.68 bits per heavy atom. The molecule has 106 valence electrons. The van der Waals surface area contributed by atoms with Crippen LogP contribution in [0.1, 0.15) is 26.3 Å². The van der Waals surface area contributed by atoms with Gasteiger partial charge in [-0.2, -0.15) is 8.78 Å². The Labute approximate surface area is 111 Å². The minimum Gasteiger partial charge on any atom is -0.435 e. The monoisotopic (exact) mass is 271 g/mol. The average Bonchev–Trinajstić information content (AvgIpc) is 2.23. The first-order valence-electron chi connectivity index (χ1n) is 5.88. The van der Waals surface area contributed by atoms with Crippen molar-refractivity contribution < 1.29 is 13.5 Å². The molecule has 0 saturated heterocycles. The first kappa shape index (κ1) is 15.2. The van der Waals surface area contributed by atoms with Gasteiger partial charge >= 0.3 is 6.61 Å². The fraction of sp³-hybridized carbons (Fsp3) is 0.462. The smallest absolute Gasteiger partial charge is 0.387 e. The van der Waals surface area contributed by atoms with Crippen LogP contribution in [0.25, 0.3) is 0 Å². The zero-order valence-corrected chi connectivity index (χ0v) is 11.3.